The minimum absolute atomic E-state index is 0.112. The largest absolute Gasteiger partial charge is 0.508 e. The molecule has 1 atom stereocenters. The molecule has 1 N–H and O–H groups in total. The Morgan fingerprint density at radius 3 is 2.38 bits per heavy atom. The van der Waals surface area contributed by atoms with E-state index in [4.69, 9.17) is 4.42 Å². The van der Waals surface area contributed by atoms with Crippen LogP contribution in [0.1, 0.15) is 43.2 Å². The highest BCUT2D eigenvalue weighted by atomic mass is 16.4. The van der Waals surface area contributed by atoms with E-state index in [0.717, 1.165) is 31.5 Å². The summed E-state index contributed by atoms with van der Waals surface area (Å²) in [4.78, 5) is 2.40. The van der Waals surface area contributed by atoms with Gasteiger partial charge in [-0.1, -0.05) is 30.3 Å². The fourth-order valence-electron chi connectivity index (χ4n) is 3.62. The van der Waals surface area contributed by atoms with E-state index < -0.39 is 0 Å². The van der Waals surface area contributed by atoms with Crippen LogP contribution in [0.5, 0.6) is 5.75 Å². The van der Waals surface area contributed by atoms with Gasteiger partial charge in [0.15, 0.2) is 0 Å². The molecule has 1 aliphatic rings. The Labute approximate surface area is 153 Å². The molecule has 0 saturated carbocycles. The average molecular weight is 349 g/mol. The molecule has 0 bridgehead atoms. The normalized spacial score (nSPS) is 17.3. The van der Waals surface area contributed by atoms with Crippen molar-refractivity contribution in [3.63, 3.8) is 0 Å². The fraction of sp³-hybridized carbons (Fsp3) is 0.333. The average Bonchev–Trinajstić information content (AvgIpc) is 3.19. The van der Waals surface area contributed by atoms with Crippen LogP contribution < -0.4 is 0 Å². The van der Waals surface area contributed by atoms with Crippen molar-refractivity contribution in [3.8, 4) is 17.2 Å². The first-order chi connectivity index (χ1) is 12.7. The highest BCUT2D eigenvalue weighted by Crippen LogP contribution is 2.33. The lowest BCUT2D eigenvalue weighted by Gasteiger charge is -2.34. The highest BCUT2D eigenvalue weighted by molar-refractivity contribution is 5.51. The van der Waals surface area contributed by atoms with Crippen LogP contribution in [-0.2, 0) is 0 Å². The Morgan fingerprint density at radius 2 is 1.69 bits per heavy atom. The summed E-state index contributed by atoms with van der Waals surface area (Å²) < 4.78 is 5.92. The summed E-state index contributed by atoms with van der Waals surface area (Å²) in [7, 11) is 0. The molecule has 134 valence electrons. The zero-order valence-electron chi connectivity index (χ0n) is 14.9. The Kier molecular flexibility index (Phi) is 4.71. The van der Waals surface area contributed by atoms with Gasteiger partial charge in [0.2, 0.25) is 11.8 Å². The number of hydrogen-bond acceptors (Lipinski definition) is 5. The maximum Gasteiger partial charge on any atom is 0.247 e. The van der Waals surface area contributed by atoms with Crippen molar-refractivity contribution in [2.75, 3.05) is 13.1 Å². The van der Waals surface area contributed by atoms with Gasteiger partial charge in [0, 0.05) is 5.56 Å². The third-order valence-electron chi connectivity index (χ3n) is 5.26. The predicted octanol–water partition coefficient (Wildman–Crippen LogP) is 4.38. The van der Waals surface area contributed by atoms with Crippen LogP contribution in [0, 0.1) is 0 Å². The van der Waals surface area contributed by atoms with Gasteiger partial charge in [0.1, 0.15) is 5.75 Å². The summed E-state index contributed by atoms with van der Waals surface area (Å²) in [6, 6.07) is 17.6. The second-order valence-corrected chi connectivity index (χ2v) is 6.89. The second-order valence-electron chi connectivity index (χ2n) is 6.89. The van der Waals surface area contributed by atoms with Crippen LogP contribution in [0.2, 0.25) is 0 Å². The van der Waals surface area contributed by atoms with E-state index in [0.29, 0.717) is 23.4 Å². The molecule has 2 aromatic carbocycles. The summed E-state index contributed by atoms with van der Waals surface area (Å²) in [6.07, 6.45) is 2.18. The van der Waals surface area contributed by atoms with E-state index in [1.54, 1.807) is 12.1 Å². The summed E-state index contributed by atoms with van der Waals surface area (Å²) in [5, 5.41) is 17.9. The highest BCUT2D eigenvalue weighted by Gasteiger charge is 2.27. The van der Waals surface area contributed by atoms with Crippen molar-refractivity contribution in [3.05, 3.63) is 66.1 Å². The number of piperidine rings is 1. The molecule has 0 amide bonds. The number of likely N-dealkylation sites (tertiary alicyclic amines) is 1. The van der Waals surface area contributed by atoms with Gasteiger partial charge in [-0.05, 0) is 68.6 Å². The van der Waals surface area contributed by atoms with E-state index in [2.05, 4.69) is 22.0 Å². The van der Waals surface area contributed by atoms with E-state index in [-0.39, 0.29) is 6.04 Å². The van der Waals surface area contributed by atoms with Crippen LogP contribution >= 0.6 is 0 Å². The van der Waals surface area contributed by atoms with Gasteiger partial charge < -0.3 is 9.52 Å². The molecule has 1 saturated heterocycles. The molecule has 0 spiro atoms. The van der Waals surface area contributed by atoms with Gasteiger partial charge >= 0.3 is 0 Å². The lowest BCUT2D eigenvalue weighted by atomic mass is 9.89. The van der Waals surface area contributed by atoms with Crippen molar-refractivity contribution in [1.82, 2.24) is 15.1 Å². The maximum absolute atomic E-state index is 9.45. The molecule has 5 heteroatoms. The van der Waals surface area contributed by atoms with Gasteiger partial charge in [-0.3, -0.25) is 4.90 Å². The lowest BCUT2D eigenvalue weighted by molar-refractivity contribution is 0.143. The minimum Gasteiger partial charge on any atom is -0.508 e. The first kappa shape index (κ1) is 16.8. The summed E-state index contributed by atoms with van der Waals surface area (Å²) in [5.74, 6) is 2.12. The molecular weight excluding hydrogens is 326 g/mol. The van der Waals surface area contributed by atoms with Crippen LogP contribution in [-0.4, -0.2) is 33.3 Å². The zero-order valence-corrected chi connectivity index (χ0v) is 14.9. The van der Waals surface area contributed by atoms with Crippen molar-refractivity contribution in [2.24, 2.45) is 0 Å². The van der Waals surface area contributed by atoms with Gasteiger partial charge in [-0.25, -0.2) is 0 Å². The number of nitrogens with zero attached hydrogens (tertiary/aromatic N) is 3. The van der Waals surface area contributed by atoms with Gasteiger partial charge in [0.05, 0.1) is 6.04 Å². The van der Waals surface area contributed by atoms with Gasteiger partial charge in [0.25, 0.3) is 0 Å². The predicted molar refractivity (Wildman–Crippen MR) is 99.8 cm³/mol. The first-order valence-electron chi connectivity index (χ1n) is 9.12. The molecule has 3 aromatic rings. The quantitative estimate of drug-likeness (QED) is 0.757. The molecular formula is C21H23N3O2. The monoisotopic (exact) mass is 349 g/mol. The van der Waals surface area contributed by atoms with E-state index >= 15 is 0 Å². The smallest absolute Gasteiger partial charge is 0.247 e. The Balaban J connectivity index is 1.40. The van der Waals surface area contributed by atoms with Crippen molar-refractivity contribution < 1.29 is 9.52 Å². The van der Waals surface area contributed by atoms with Crippen LogP contribution in [0.15, 0.2) is 59.0 Å². The lowest BCUT2D eigenvalue weighted by Crippen LogP contribution is -2.35. The fourth-order valence-corrected chi connectivity index (χ4v) is 3.62. The van der Waals surface area contributed by atoms with E-state index in [9.17, 15) is 5.11 Å². The maximum atomic E-state index is 9.45. The Hall–Kier alpha value is -2.66. The third kappa shape index (κ3) is 3.48. The molecule has 4 rings (SSSR count). The zero-order chi connectivity index (χ0) is 17.9. The molecule has 0 unspecified atom stereocenters. The molecule has 0 radical (unpaired) electrons. The summed E-state index contributed by atoms with van der Waals surface area (Å²) >= 11 is 0. The number of phenols is 1. The molecule has 1 aromatic heterocycles. The molecule has 26 heavy (non-hydrogen) atoms. The first-order valence-corrected chi connectivity index (χ1v) is 9.12. The topological polar surface area (TPSA) is 62.4 Å². The van der Waals surface area contributed by atoms with Gasteiger partial charge in [-0.2, -0.15) is 0 Å². The number of aromatic hydroxyl groups is 1. The van der Waals surface area contributed by atoms with Crippen molar-refractivity contribution in [1.29, 1.82) is 0 Å². The molecule has 5 nitrogen and oxygen atoms in total. The standard InChI is InChI=1S/C21H23N3O2/c1-15(20-22-23-21(26-20)18-5-3-2-4-6-18)24-13-11-17(12-14-24)16-7-9-19(25)10-8-16/h2-10,15,17,25H,11-14H2,1H3/t15-/m1/s1. The summed E-state index contributed by atoms with van der Waals surface area (Å²) in [6.45, 7) is 4.12. The van der Waals surface area contributed by atoms with E-state index in [1.807, 2.05) is 42.5 Å². The summed E-state index contributed by atoms with van der Waals surface area (Å²) in [5.41, 5.74) is 2.25. The Morgan fingerprint density at radius 1 is 1.00 bits per heavy atom. The number of aromatic nitrogens is 2. The molecule has 1 aliphatic heterocycles. The minimum atomic E-state index is 0.112. The molecule has 1 fully saturated rings. The molecule has 2 heterocycles. The SMILES string of the molecule is C[C@H](c1nnc(-c2ccccc2)o1)N1CCC(c2ccc(O)cc2)CC1. The second kappa shape index (κ2) is 7.30. The van der Waals surface area contributed by atoms with Crippen molar-refractivity contribution in [2.45, 2.75) is 31.7 Å². The third-order valence-corrected chi connectivity index (χ3v) is 5.26. The van der Waals surface area contributed by atoms with Crippen LogP contribution in [0.4, 0.5) is 0 Å². The Bertz CT molecular complexity index is 837. The number of benzene rings is 2. The number of hydrogen-bond donors (Lipinski definition) is 1. The van der Waals surface area contributed by atoms with Crippen molar-refractivity contribution >= 4 is 0 Å². The van der Waals surface area contributed by atoms with E-state index in [1.165, 1.54) is 5.56 Å². The van der Waals surface area contributed by atoms with Gasteiger partial charge in [-0.15, -0.1) is 10.2 Å². The van der Waals surface area contributed by atoms with Crippen LogP contribution in [0.25, 0.3) is 11.5 Å². The number of rotatable bonds is 4. The molecule has 0 aliphatic carbocycles. The number of phenolic OH excluding ortho intramolecular Hbond substituents is 1. The van der Waals surface area contributed by atoms with Crippen LogP contribution in [0.3, 0.4) is 0 Å².